The van der Waals surface area contributed by atoms with E-state index < -0.39 is 35.0 Å². The molecule has 2 aromatic rings. The van der Waals surface area contributed by atoms with Crippen molar-refractivity contribution in [3.8, 4) is 11.8 Å². The minimum absolute atomic E-state index is 0.0494. The second-order valence-electron chi connectivity index (χ2n) is 11.4. The summed E-state index contributed by atoms with van der Waals surface area (Å²) in [6, 6.07) is 4.49. The molecule has 0 aliphatic carbocycles. The van der Waals surface area contributed by atoms with Gasteiger partial charge in [0.2, 0.25) is 11.8 Å². The van der Waals surface area contributed by atoms with Gasteiger partial charge in [-0.1, -0.05) is 11.8 Å². The predicted octanol–water partition coefficient (Wildman–Crippen LogP) is 2.55. The number of carboxylic acid groups (broad SMARTS) is 1. The number of aryl methyl sites for hydroxylation is 1. The quantitative estimate of drug-likeness (QED) is 0.450. The molecule has 0 radical (unpaired) electrons. The molecule has 1 unspecified atom stereocenters. The topological polar surface area (TPSA) is 140 Å². The van der Waals surface area contributed by atoms with Gasteiger partial charge in [-0.25, -0.2) is 9.59 Å². The van der Waals surface area contributed by atoms with Crippen LogP contribution < -0.4 is 11.0 Å². The summed E-state index contributed by atoms with van der Waals surface area (Å²) in [4.78, 5) is 62.6. The molecule has 4 rings (SSSR count). The maximum atomic E-state index is 13.0. The van der Waals surface area contributed by atoms with Crippen molar-refractivity contribution in [1.82, 2.24) is 19.4 Å². The number of likely N-dealkylation sites (tertiary alicyclic amines) is 1. The summed E-state index contributed by atoms with van der Waals surface area (Å²) < 4.78 is 8.31. The van der Waals surface area contributed by atoms with Gasteiger partial charge >= 0.3 is 17.8 Å². The lowest BCUT2D eigenvalue weighted by atomic mass is 9.73. The molecule has 208 valence electrons. The number of nitrogens with one attached hydrogen (secondary N) is 1. The van der Waals surface area contributed by atoms with E-state index in [2.05, 4.69) is 17.2 Å². The van der Waals surface area contributed by atoms with E-state index in [-0.39, 0.29) is 30.9 Å². The van der Waals surface area contributed by atoms with Gasteiger partial charge in [0.1, 0.15) is 11.6 Å². The number of nitrogens with zero attached hydrogens (tertiary/aromatic N) is 3. The number of ether oxygens (including phenoxy) is 1. The zero-order valence-corrected chi connectivity index (χ0v) is 22.7. The average Bonchev–Trinajstić information content (AvgIpc) is 3.08. The SMILES string of the molecule is Cn1c(=O)n(C2CCC(=O)NC2=O)c2ccc(C#CCC3(CC(=O)O)CCN(C(=O)OC(C)(C)C)CC3)cc21. The van der Waals surface area contributed by atoms with Crippen LogP contribution in [0.15, 0.2) is 23.0 Å². The molecule has 2 aliphatic heterocycles. The van der Waals surface area contributed by atoms with Crippen molar-refractivity contribution in [2.45, 2.75) is 70.9 Å². The summed E-state index contributed by atoms with van der Waals surface area (Å²) in [7, 11) is 1.62. The van der Waals surface area contributed by atoms with E-state index in [1.807, 2.05) is 0 Å². The Morgan fingerprint density at radius 1 is 1.15 bits per heavy atom. The molecule has 1 atom stereocenters. The Hall–Kier alpha value is -4.07. The second kappa shape index (κ2) is 10.6. The highest BCUT2D eigenvalue weighted by Gasteiger charge is 2.38. The first-order valence-corrected chi connectivity index (χ1v) is 13.0. The lowest BCUT2D eigenvalue weighted by Gasteiger charge is -2.40. The molecule has 39 heavy (non-hydrogen) atoms. The molecule has 3 heterocycles. The number of rotatable bonds is 4. The number of fused-ring (bicyclic) bond motifs is 1. The van der Waals surface area contributed by atoms with Crippen molar-refractivity contribution in [2.75, 3.05) is 13.1 Å². The largest absolute Gasteiger partial charge is 0.481 e. The van der Waals surface area contributed by atoms with Gasteiger partial charge in [0, 0.05) is 38.5 Å². The van der Waals surface area contributed by atoms with E-state index in [1.54, 1.807) is 50.9 Å². The van der Waals surface area contributed by atoms with Crippen LogP contribution in [0, 0.1) is 17.3 Å². The van der Waals surface area contributed by atoms with E-state index in [9.17, 15) is 29.1 Å². The number of carbonyl (C=O) groups excluding carboxylic acids is 3. The first-order valence-electron chi connectivity index (χ1n) is 13.0. The van der Waals surface area contributed by atoms with Gasteiger partial charge in [0.25, 0.3) is 0 Å². The minimum Gasteiger partial charge on any atom is -0.481 e. The number of hydrogen-bond donors (Lipinski definition) is 2. The van der Waals surface area contributed by atoms with Crippen LogP contribution in [0.4, 0.5) is 4.79 Å². The Morgan fingerprint density at radius 3 is 2.46 bits per heavy atom. The van der Waals surface area contributed by atoms with Gasteiger partial charge in [-0.2, -0.15) is 0 Å². The molecule has 2 saturated heterocycles. The molecular weight excluding hydrogens is 504 g/mol. The maximum Gasteiger partial charge on any atom is 0.410 e. The number of imidazole rings is 1. The molecule has 0 spiro atoms. The summed E-state index contributed by atoms with van der Waals surface area (Å²) in [5.41, 5.74) is 0.286. The normalized spacial score (nSPS) is 19.3. The molecule has 1 aromatic heterocycles. The third kappa shape index (κ3) is 6.16. The van der Waals surface area contributed by atoms with E-state index in [4.69, 9.17) is 4.74 Å². The fourth-order valence-electron chi connectivity index (χ4n) is 5.23. The number of hydrogen-bond acceptors (Lipinski definition) is 6. The molecule has 1 aromatic carbocycles. The summed E-state index contributed by atoms with van der Waals surface area (Å²) in [6.45, 7) is 6.20. The highest BCUT2D eigenvalue weighted by atomic mass is 16.6. The zero-order chi connectivity index (χ0) is 28.5. The number of imide groups is 1. The van der Waals surface area contributed by atoms with Gasteiger partial charge < -0.3 is 14.7 Å². The van der Waals surface area contributed by atoms with Crippen LogP contribution in [0.2, 0.25) is 0 Å². The molecule has 3 amide bonds. The van der Waals surface area contributed by atoms with Crippen molar-refractivity contribution < 1.29 is 29.0 Å². The summed E-state index contributed by atoms with van der Waals surface area (Å²) >= 11 is 0. The van der Waals surface area contributed by atoms with Gasteiger partial charge in [0.15, 0.2) is 0 Å². The third-order valence-electron chi connectivity index (χ3n) is 7.31. The Kier molecular flexibility index (Phi) is 7.59. The molecule has 11 nitrogen and oxygen atoms in total. The smallest absolute Gasteiger partial charge is 0.410 e. The average molecular weight is 539 g/mol. The number of amides is 3. The van der Waals surface area contributed by atoms with E-state index >= 15 is 0 Å². The van der Waals surface area contributed by atoms with Crippen molar-refractivity contribution >= 4 is 34.9 Å². The Bertz CT molecular complexity index is 1440. The van der Waals surface area contributed by atoms with Gasteiger partial charge in [0.05, 0.1) is 17.5 Å². The minimum atomic E-state index is -0.909. The highest BCUT2D eigenvalue weighted by molar-refractivity contribution is 6.00. The number of benzene rings is 1. The van der Waals surface area contributed by atoms with Crippen LogP contribution in [0.1, 0.15) is 70.9 Å². The molecule has 2 aliphatic rings. The Morgan fingerprint density at radius 2 is 1.85 bits per heavy atom. The van der Waals surface area contributed by atoms with Crippen molar-refractivity contribution in [3.05, 3.63) is 34.2 Å². The predicted molar refractivity (Wildman–Crippen MR) is 142 cm³/mol. The third-order valence-corrected chi connectivity index (χ3v) is 7.31. The molecule has 2 N–H and O–H groups in total. The van der Waals surface area contributed by atoms with Gasteiger partial charge in [-0.15, -0.1) is 0 Å². The van der Waals surface area contributed by atoms with E-state index in [0.29, 0.717) is 48.9 Å². The number of piperidine rings is 2. The van der Waals surface area contributed by atoms with Crippen LogP contribution in [-0.4, -0.2) is 61.7 Å². The van der Waals surface area contributed by atoms with Crippen molar-refractivity contribution in [1.29, 1.82) is 0 Å². The monoisotopic (exact) mass is 538 g/mol. The molecule has 0 saturated carbocycles. The van der Waals surface area contributed by atoms with E-state index in [0.717, 1.165) is 0 Å². The summed E-state index contributed by atoms with van der Waals surface area (Å²) in [5, 5.41) is 11.9. The Labute approximate surface area is 226 Å². The first-order chi connectivity index (χ1) is 18.3. The second-order valence-corrected chi connectivity index (χ2v) is 11.4. The van der Waals surface area contributed by atoms with Crippen molar-refractivity contribution in [2.24, 2.45) is 12.5 Å². The van der Waals surface area contributed by atoms with Crippen LogP contribution >= 0.6 is 0 Å². The van der Waals surface area contributed by atoms with Gasteiger partial charge in [-0.05, 0) is 63.6 Å². The first kappa shape index (κ1) is 28.0. The molecule has 2 fully saturated rings. The lowest BCUT2D eigenvalue weighted by Crippen LogP contribution is -2.45. The number of aliphatic carboxylic acids is 1. The van der Waals surface area contributed by atoms with Gasteiger partial charge in [-0.3, -0.25) is 28.8 Å². The standard InChI is InChI=1S/C28H34N4O7/c1-27(2,3)39-26(38)31-14-12-28(13-15-31,17-23(34)35)11-5-6-18-7-8-19-21(16-18)30(4)25(37)32(19)20-9-10-22(33)29-24(20)36/h7-8,16,20H,9-15,17H2,1-4H3,(H,34,35)(H,29,33,36). The van der Waals surface area contributed by atoms with Crippen LogP contribution in [-0.2, 0) is 26.2 Å². The molecule has 11 heteroatoms. The Balaban J connectivity index is 1.52. The molecule has 0 bridgehead atoms. The van der Waals surface area contributed by atoms with Crippen molar-refractivity contribution in [3.63, 3.8) is 0 Å². The van der Waals surface area contributed by atoms with Crippen LogP contribution in [0.5, 0.6) is 0 Å². The lowest BCUT2D eigenvalue weighted by molar-refractivity contribution is -0.140. The van der Waals surface area contributed by atoms with E-state index in [1.165, 1.54) is 9.13 Å². The van der Waals surface area contributed by atoms with Crippen LogP contribution in [0.3, 0.4) is 0 Å². The maximum absolute atomic E-state index is 13.0. The van der Waals surface area contributed by atoms with Crippen LogP contribution in [0.25, 0.3) is 11.0 Å². The zero-order valence-electron chi connectivity index (χ0n) is 22.7. The number of carboxylic acids is 1. The number of aromatic nitrogens is 2. The fraction of sp³-hybridized carbons (Fsp3) is 0.536. The summed E-state index contributed by atoms with van der Waals surface area (Å²) in [5.74, 6) is 4.49. The molecular formula is C28H34N4O7. The number of carbonyl (C=O) groups is 4. The fourth-order valence-corrected chi connectivity index (χ4v) is 5.23. The summed E-state index contributed by atoms with van der Waals surface area (Å²) in [6.07, 6.45) is 1.30. The highest BCUT2D eigenvalue weighted by Crippen LogP contribution is 2.38.